The Bertz CT molecular complexity index is 1330. The topological polar surface area (TPSA) is 0 Å². The van der Waals surface area contributed by atoms with Crippen LogP contribution >= 0.6 is 0 Å². The van der Waals surface area contributed by atoms with Gasteiger partial charge in [-0.1, -0.05) is 84.0 Å². The van der Waals surface area contributed by atoms with Crippen LogP contribution in [0.15, 0.2) is 95.1 Å². The van der Waals surface area contributed by atoms with E-state index in [0.29, 0.717) is 22.7 Å². The molecule has 6 aliphatic carbocycles. The molecule has 4 unspecified atom stereocenters. The van der Waals surface area contributed by atoms with Crippen molar-refractivity contribution in [3.63, 3.8) is 0 Å². The molecule has 0 heteroatoms. The molecular formula is C34H32. The zero-order valence-corrected chi connectivity index (χ0v) is 20.3. The molecule has 2 spiro atoms. The second-order valence-electron chi connectivity index (χ2n) is 12.1. The summed E-state index contributed by atoms with van der Waals surface area (Å²) < 4.78 is 0. The Morgan fingerprint density at radius 2 is 1.06 bits per heavy atom. The average Bonchev–Trinajstić information content (AvgIpc) is 3.34. The summed E-state index contributed by atoms with van der Waals surface area (Å²) in [5.74, 6) is 1.13. The number of hydrogen-bond donors (Lipinski definition) is 0. The maximum absolute atomic E-state index is 2.68. The Balaban J connectivity index is 1.41. The standard InChI is InChI=1S/C34H32/c1-21-11-13-33-17-23-7-3-5-9-25(23)31(33)15-27(29(21)19-33)28-16-32-26-10-6-4-8-24(26)18-34(32)14-12-22(2)30(28)20-34/h3-12,15-16,29-30H,13-14,17-20H2,1-2H3/b28-27+. The fraction of sp³-hybridized carbons (Fsp3) is 0.353. The third-order valence-electron chi connectivity index (χ3n) is 10.4. The smallest absolute Gasteiger partial charge is 0.00571 e. The van der Waals surface area contributed by atoms with Gasteiger partial charge in [0.15, 0.2) is 0 Å². The minimum absolute atomic E-state index is 0.320. The summed E-state index contributed by atoms with van der Waals surface area (Å²) in [5.41, 5.74) is 16.5. The molecule has 4 bridgehead atoms. The van der Waals surface area contributed by atoms with Crippen LogP contribution in [0.3, 0.4) is 0 Å². The molecule has 0 aromatic heterocycles. The van der Waals surface area contributed by atoms with Gasteiger partial charge in [0.25, 0.3) is 0 Å². The summed E-state index contributed by atoms with van der Waals surface area (Å²) in [6.07, 6.45) is 18.0. The van der Waals surface area contributed by atoms with E-state index in [2.05, 4.69) is 86.7 Å². The lowest BCUT2D eigenvalue weighted by atomic mass is 9.56. The molecule has 0 fully saturated rings. The van der Waals surface area contributed by atoms with E-state index in [0.717, 1.165) is 0 Å². The molecular weight excluding hydrogens is 408 g/mol. The van der Waals surface area contributed by atoms with Crippen molar-refractivity contribution in [3.8, 4) is 0 Å². The summed E-state index contributed by atoms with van der Waals surface area (Å²) in [5, 5.41) is 0. The number of hydrogen-bond acceptors (Lipinski definition) is 0. The second-order valence-corrected chi connectivity index (χ2v) is 12.1. The average molecular weight is 441 g/mol. The highest BCUT2D eigenvalue weighted by atomic mass is 14.5. The number of benzene rings is 2. The molecule has 0 saturated heterocycles. The lowest BCUT2D eigenvalue weighted by Gasteiger charge is -2.47. The highest BCUT2D eigenvalue weighted by Crippen LogP contribution is 2.64. The number of allylic oxidation sites excluding steroid dienone is 10. The van der Waals surface area contributed by atoms with E-state index in [4.69, 9.17) is 0 Å². The maximum Gasteiger partial charge on any atom is 0.00571 e. The predicted molar refractivity (Wildman–Crippen MR) is 141 cm³/mol. The summed E-state index contributed by atoms with van der Waals surface area (Å²) >= 11 is 0. The molecule has 34 heavy (non-hydrogen) atoms. The van der Waals surface area contributed by atoms with E-state index in [-0.39, 0.29) is 0 Å². The summed E-state index contributed by atoms with van der Waals surface area (Å²) in [7, 11) is 0. The van der Waals surface area contributed by atoms with Crippen LogP contribution in [0.1, 0.15) is 61.8 Å². The molecule has 0 heterocycles. The molecule has 0 saturated carbocycles. The lowest BCUT2D eigenvalue weighted by molar-refractivity contribution is 0.303. The van der Waals surface area contributed by atoms with Crippen molar-refractivity contribution in [1.29, 1.82) is 0 Å². The van der Waals surface area contributed by atoms with Crippen LogP contribution in [0, 0.1) is 22.7 Å². The molecule has 0 nitrogen and oxygen atoms in total. The highest BCUT2D eigenvalue weighted by molar-refractivity contribution is 5.85. The van der Waals surface area contributed by atoms with Crippen molar-refractivity contribution in [2.45, 2.75) is 52.4 Å². The fourth-order valence-electron chi connectivity index (χ4n) is 8.61. The van der Waals surface area contributed by atoms with Gasteiger partial charge in [-0.2, -0.15) is 0 Å². The van der Waals surface area contributed by atoms with E-state index >= 15 is 0 Å². The Kier molecular flexibility index (Phi) is 3.67. The first-order valence-corrected chi connectivity index (χ1v) is 13.3. The molecule has 0 N–H and O–H groups in total. The van der Waals surface area contributed by atoms with Crippen LogP contribution in [0.4, 0.5) is 0 Å². The third kappa shape index (κ3) is 2.35. The van der Waals surface area contributed by atoms with Gasteiger partial charge >= 0.3 is 0 Å². The number of fused-ring (bicyclic) bond motifs is 6. The molecule has 2 aromatic rings. The second kappa shape index (κ2) is 6.42. The molecule has 0 amide bonds. The molecule has 0 radical (unpaired) electrons. The van der Waals surface area contributed by atoms with Gasteiger partial charge in [0.1, 0.15) is 0 Å². The first kappa shape index (κ1) is 19.4. The SMILES string of the molecule is CC1=CCC23Cc4ccccc4C2=C/C(=C2/C=C4c5ccccc5CC45CC=C(C)C2C5)C1C3. The zero-order chi connectivity index (χ0) is 22.7. The van der Waals surface area contributed by atoms with Crippen molar-refractivity contribution in [3.05, 3.63) is 117 Å². The van der Waals surface area contributed by atoms with Crippen molar-refractivity contribution < 1.29 is 0 Å². The van der Waals surface area contributed by atoms with Crippen molar-refractivity contribution in [1.82, 2.24) is 0 Å². The molecule has 2 aromatic carbocycles. The van der Waals surface area contributed by atoms with Crippen LogP contribution < -0.4 is 0 Å². The normalized spacial score (nSPS) is 36.4. The molecule has 168 valence electrons. The lowest BCUT2D eigenvalue weighted by Crippen LogP contribution is -2.35. The predicted octanol–water partition coefficient (Wildman–Crippen LogP) is 8.28. The number of rotatable bonds is 0. The van der Waals surface area contributed by atoms with Gasteiger partial charge in [-0.15, -0.1) is 0 Å². The summed E-state index contributed by atoms with van der Waals surface area (Å²) in [4.78, 5) is 0. The Labute approximate surface area is 203 Å². The largest absolute Gasteiger partial charge is 0.0841 e. The van der Waals surface area contributed by atoms with E-state index in [1.807, 2.05) is 0 Å². The highest BCUT2D eigenvalue weighted by Gasteiger charge is 2.51. The Morgan fingerprint density at radius 3 is 1.53 bits per heavy atom. The van der Waals surface area contributed by atoms with Crippen LogP contribution in [0.25, 0.3) is 11.1 Å². The first-order chi connectivity index (χ1) is 16.6. The first-order valence-electron chi connectivity index (χ1n) is 13.3. The monoisotopic (exact) mass is 440 g/mol. The van der Waals surface area contributed by atoms with Gasteiger partial charge in [0, 0.05) is 22.7 Å². The quantitative estimate of drug-likeness (QED) is 0.362. The van der Waals surface area contributed by atoms with Crippen molar-refractivity contribution >= 4 is 11.1 Å². The molecule has 8 rings (SSSR count). The Morgan fingerprint density at radius 1 is 0.618 bits per heavy atom. The van der Waals surface area contributed by atoms with Crippen LogP contribution in [0.5, 0.6) is 0 Å². The van der Waals surface area contributed by atoms with E-state index in [1.54, 1.807) is 44.6 Å². The minimum atomic E-state index is 0.320. The van der Waals surface area contributed by atoms with Gasteiger partial charge in [0.2, 0.25) is 0 Å². The fourth-order valence-corrected chi connectivity index (χ4v) is 8.61. The van der Waals surface area contributed by atoms with Crippen molar-refractivity contribution in [2.75, 3.05) is 0 Å². The summed E-state index contributed by atoms with van der Waals surface area (Å²) in [6.45, 7) is 4.79. The van der Waals surface area contributed by atoms with E-state index in [1.165, 1.54) is 49.7 Å². The zero-order valence-electron chi connectivity index (χ0n) is 20.3. The van der Waals surface area contributed by atoms with Crippen LogP contribution in [0.2, 0.25) is 0 Å². The van der Waals surface area contributed by atoms with Gasteiger partial charge in [-0.05, 0) is 96.9 Å². The van der Waals surface area contributed by atoms with Crippen molar-refractivity contribution in [2.24, 2.45) is 22.7 Å². The van der Waals surface area contributed by atoms with E-state index in [9.17, 15) is 0 Å². The maximum atomic E-state index is 2.68. The van der Waals surface area contributed by atoms with Gasteiger partial charge < -0.3 is 0 Å². The van der Waals surface area contributed by atoms with Gasteiger partial charge in [-0.25, -0.2) is 0 Å². The third-order valence-corrected chi connectivity index (χ3v) is 10.4. The minimum Gasteiger partial charge on any atom is -0.0841 e. The van der Waals surface area contributed by atoms with Gasteiger partial charge in [0.05, 0.1) is 0 Å². The molecule has 6 aliphatic rings. The van der Waals surface area contributed by atoms with Crippen LogP contribution in [-0.4, -0.2) is 0 Å². The van der Waals surface area contributed by atoms with Crippen LogP contribution in [-0.2, 0) is 12.8 Å². The van der Waals surface area contributed by atoms with E-state index < -0.39 is 0 Å². The molecule has 4 atom stereocenters. The Hall–Kier alpha value is -2.86. The molecule has 0 aliphatic heterocycles. The van der Waals surface area contributed by atoms with Gasteiger partial charge in [-0.3, -0.25) is 0 Å². The summed E-state index contributed by atoms with van der Waals surface area (Å²) in [6, 6.07) is 18.4.